The van der Waals surface area contributed by atoms with Gasteiger partial charge in [-0.25, -0.2) is 0 Å². The predicted molar refractivity (Wildman–Crippen MR) is 83.4 cm³/mol. The zero-order valence-electron chi connectivity index (χ0n) is 12.1. The molecule has 1 aromatic carbocycles. The number of phenols is 1. The molecular formula is C15H24ClN3O. The Kier molecular flexibility index (Phi) is 6.10. The van der Waals surface area contributed by atoms with Gasteiger partial charge in [0.15, 0.2) is 0 Å². The van der Waals surface area contributed by atoms with Crippen LogP contribution in [-0.4, -0.2) is 61.2 Å². The Morgan fingerprint density at radius 3 is 2.70 bits per heavy atom. The van der Waals surface area contributed by atoms with Gasteiger partial charge < -0.3 is 20.2 Å². The van der Waals surface area contributed by atoms with Crippen LogP contribution in [0.15, 0.2) is 18.2 Å². The highest BCUT2D eigenvalue weighted by Gasteiger charge is 2.12. The summed E-state index contributed by atoms with van der Waals surface area (Å²) in [7, 11) is 2.18. The molecule has 1 aromatic rings. The second-order valence-electron chi connectivity index (χ2n) is 5.41. The molecule has 1 aliphatic rings. The summed E-state index contributed by atoms with van der Waals surface area (Å²) in [6.07, 6.45) is 1.12. The molecule has 0 radical (unpaired) electrons. The number of likely N-dealkylation sites (N-methyl/N-ethyl adjacent to an activating group) is 1. The van der Waals surface area contributed by atoms with E-state index in [1.165, 1.54) is 26.2 Å². The van der Waals surface area contributed by atoms with Gasteiger partial charge in [-0.05, 0) is 38.7 Å². The van der Waals surface area contributed by atoms with Crippen molar-refractivity contribution in [2.75, 3.05) is 46.3 Å². The fraction of sp³-hybridized carbons (Fsp3) is 0.600. The van der Waals surface area contributed by atoms with Crippen molar-refractivity contribution in [2.45, 2.75) is 13.0 Å². The zero-order chi connectivity index (χ0) is 14.4. The van der Waals surface area contributed by atoms with Crippen molar-refractivity contribution in [3.05, 3.63) is 28.8 Å². The number of nitrogens with zero attached hydrogens (tertiary/aromatic N) is 2. The minimum atomic E-state index is 0.268. The lowest BCUT2D eigenvalue weighted by Crippen LogP contribution is -2.45. The number of halogens is 1. The third-order valence-electron chi connectivity index (χ3n) is 3.82. The Morgan fingerprint density at radius 2 is 2.00 bits per heavy atom. The monoisotopic (exact) mass is 297 g/mol. The maximum Gasteiger partial charge on any atom is 0.121 e. The molecule has 0 spiro atoms. The number of nitrogens with one attached hydrogen (secondary N) is 1. The van der Waals surface area contributed by atoms with E-state index in [1.807, 2.05) is 6.07 Å². The van der Waals surface area contributed by atoms with Crippen molar-refractivity contribution in [3.8, 4) is 5.75 Å². The lowest BCUT2D eigenvalue weighted by atomic mass is 10.2. The summed E-state index contributed by atoms with van der Waals surface area (Å²) in [5.74, 6) is 0.268. The number of hydrogen-bond acceptors (Lipinski definition) is 4. The Hall–Kier alpha value is -0.810. The third-order valence-corrected chi connectivity index (χ3v) is 4.17. The summed E-state index contributed by atoms with van der Waals surface area (Å²) in [5, 5.41) is 13.7. The molecule has 1 fully saturated rings. The maximum absolute atomic E-state index is 9.74. The van der Waals surface area contributed by atoms with E-state index in [0.717, 1.165) is 25.1 Å². The van der Waals surface area contributed by atoms with Crippen LogP contribution in [0.3, 0.4) is 0 Å². The van der Waals surface area contributed by atoms with Gasteiger partial charge in [0.25, 0.3) is 0 Å². The molecule has 0 saturated carbocycles. The molecule has 2 N–H and O–H groups in total. The molecule has 0 aliphatic carbocycles. The summed E-state index contributed by atoms with van der Waals surface area (Å²) >= 11 is 6.06. The van der Waals surface area contributed by atoms with Crippen LogP contribution >= 0.6 is 11.6 Å². The van der Waals surface area contributed by atoms with Crippen LogP contribution in [0.1, 0.15) is 12.0 Å². The van der Waals surface area contributed by atoms with Crippen LogP contribution in [0.4, 0.5) is 0 Å². The van der Waals surface area contributed by atoms with E-state index in [1.54, 1.807) is 12.1 Å². The molecule has 4 nitrogen and oxygen atoms in total. The molecular weight excluding hydrogens is 274 g/mol. The number of phenolic OH excluding ortho intramolecular Hbond substituents is 1. The number of piperazine rings is 1. The van der Waals surface area contributed by atoms with E-state index in [2.05, 4.69) is 22.2 Å². The number of hydrogen-bond donors (Lipinski definition) is 2. The Morgan fingerprint density at radius 1 is 1.25 bits per heavy atom. The van der Waals surface area contributed by atoms with Gasteiger partial charge in [0.1, 0.15) is 5.75 Å². The molecule has 2 rings (SSSR count). The SMILES string of the molecule is CN1CCN(CCCNCc2c(O)cccc2Cl)CC1. The van der Waals surface area contributed by atoms with Crippen LogP contribution < -0.4 is 5.32 Å². The van der Waals surface area contributed by atoms with Gasteiger partial charge in [-0.15, -0.1) is 0 Å². The maximum atomic E-state index is 9.74. The Labute approximate surface area is 126 Å². The zero-order valence-corrected chi connectivity index (χ0v) is 12.9. The van der Waals surface area contributed by atoms with E-state index in [0.29, 0.717) is 11.6 Å². The van der Waals surface area contributed by atoms with Crippen molar-refractivity contribution >= 4 is 11.6 Å². The summed E-state index contributed by atoms with van der Waals surface area (Å²) in [6.45, 7) is 7.37. The van der Waals surface area contributed by atoms with Crippen LogP contribution in [0.25, 0.3) is 0 Å². The molecule has 5 heteroatoms. The second kappa shape index (κ2) is 7.84. The summed E-state index contributed by atoms with van der Waals surface area (Å²) < 4.78 is 0. The van der Waals surface area contributed by atoms with E-state index < -0.39 is 0 Å². The fourth-order valence-electron chi connectivity index (χ4n) is 2.43. The largest absolute Gasteiger partial charge is 0.508 e. The van der Waals surface area contributed by atoms with Crippen molar-refractivity contribution in [1.82, 2.24) is 15.1 Å². The first kappa shape index (κ1) is 15.6. The lowest BCUT2D eigenvalue weighted by molar-refractivity contribution is 0.152. The normalized spacial score (nSPS) is 17.5. The van der Waals surface area contributed by atoms with Crippen molar-refractivity contribution in [3.63, 3.8) is 0 Å². The minimum absolute atomic E-state index is 0.268. The fourth-order valence-corrected chi connectivity index (χ4v) is 2.67. The molecule has 1 heterocycles. The minimum Gasteiger partial charge on any atom is -0.508 e. The van der Waals surface area contributed by atoms with Gasteiger partial charge >= 0.3 is 0 Å². The molecule has 0 aromatic heterocycles. The molecule has 112 valence electrons. The molecule has 1 aliphatic heterocycles. The van der Waals surface area contributed by atoms with Crippen LogP contribution in [0.5, 0.6) is 5.75 Å². The molecule has 0 amide bonds. The van der Waals surface area contributed by atoms with Crippen molar-refractivity contribution in [2.24, 2.45) is 0 Å². The number of aromatic hydroxyl groups is 1. The molecule has 20 heavy (non-hydrogen) atoms. The summed E-state index contributed by atoms with van der Waals surface area (Å²) in [6, 6.07) is 5.24. The average molecular weight is 298 g/mol. The van der Waals surface area contributed by atoms with E-state index in [9.17, 15) is 5.11 Å². The average Bonchev–Trinajstić information content (AvgIpc) is 2.43. The smallest absolute Gasteiger partial charge is 0.121 e. The van der Waals surface area contributed by atoms with Crippen molar-refractivity contribution in [1.29, 1.82) is 0 Å². The van der Waals surface area contributed by atoms with Gasteiger partial charge in [0.05, 0.1) is 0 Å². The van der Waals surface area contributed by atoms with Crippen molar-refractivity contribution < 1.29 is 5.11 Å². The summed E-state index contributed by atoms with van der Waals surface area (Å²) in [4.78, 5) is 4.88. The third kappa shape index (κ3) is 4.63. The highest BCUT2D eigenvalue weighted by Crippen LogP contribution is 2.24. The van der Waals surface area contributed by atoms with Gasteiger partial charge in [-0.1, -0.05) is 17.7 Å². The number of benzene rings is 1. The van der Waals surface area contributed by atoms with Crippen LogP contribution in [0.2, 0.25) is 5.02 Å². The quantitative estimate of drug-likeness (QED) is 0.785. The lowest BCUT2D eigenvalue weighted by Gasteiger charge is -2.32. The molecule has 0 unspecified atom stereocenters. The first-order chi connectivity index (χ1) is 9.66. The molecule has 0 bridgehead atoms. The van der Waals surface area contributed by atoms with Gasteiger partial charge in [0, 0.05) is 43.3 Å². The van der Waals surface area contributed by atoms with Gasteiger partial charge in [0.2, 0.25) is 0 Å². The first-order valence-corrected chi connectivity index (χ1v) is 7.62. The highest BCUT2D eigenvalue weighted by molar-refractivity contribution is 6.31. The van der Waals surface area contributed by atoms with E-state index in [4.69, 9.17) is 11.6 Å². The predicted octanol–water partition coefficient (Wildman–Crippen LogP) is 1.77. The second-order valence-corrected chi connectivity index (χ2v) is 5.82. The van der Waals surface area contributed by atoms with E-state index >= 15 is 0 Å². The highest BCUT2D eigenvalue weighted by atomic mass is 35.5. The number of rotatable bonds is 6. The van der Waals surface area contributed by atoms with E-state index in [-0.39, 0.29) is 5.75 Å². The molecule has 0 atom stereocenters. The Balaban J connectivity index is 1.62. The van der Waals surface area contributed by atoms with Gasteiger partial charge in [-0.2, -0.15) is 0 Å². The summed E-state index contributed by atoms with van der Waals surface area (Å²) in [5.41, 5.74) is 0.786. The molecule has 1 saturated heterocycles. The van der Waals surface area contributed by atoms with Crippen LogP contribution in [-0.2, 0) is 6.54 Å². The first-order valence-electron chi connectivity index (χ1n) is 7.25. The Bertz CT molecular complexity index is 399. The topological polar surface area (TPSA) is 38.7 Å². The standard InChI is InChI=1S/C15H24ClN3O/c1-18-8-10-19(11-9-18)7-3-6-17-12-13-14(16)4-2-5-15(13)20/h2,4-5,17,20H,3,6-12H2,1H3. The van der Waals surface area contributed by atoms with Gasteiger partial charge in [-0.3, -0.25) is 0 Å². The van der Waals surface area contributed by atoms with Crippen LogP contribution in [0, 0.1) is 0 Å².